The maximum atomic E-state index is 13.2. The summed E-state index contributed by atoms with van der Waals surface area (Å²) in [6.45, 7) is 4.20. The van der Waals surface area contributed by atoms with Gasteiger partial charge in [-0.05, 0) is 41.3 Å². The Morgan fingerprint density at radius 3 is 2.00 bits per heavy atom. The lowest BCUT2D eigenvalue weighted by molar-refractivity contribution is 0.382. The summed E-state index contributed by atoms with van der Waals surface area (Å²) in [5.74, 6) is 1.65. The molecule has 0 spiro atoms. The molecule has 2 aromatic carbocycles. The van der Waals surface area contributed by atoms with Crippen molar-refractivity contribution in [3.8, 4) is 11.5 Å². The molecule has 0 fully saturated rings. The highest BCUT2D eigenvalue weighted by Crippen LogP contribution is 2.36. The first-order valence-electron chi connectivity index (χ1n) is 7.24. The zero-order valence-corrected chi connectivity index (χ0v) is 13.4. The molecule has 0 aliphatic carbocycles. The Bertz CT molecular complexity index is 650. The van der Waals surface area contributed by atoms with E-state index in [2.05, 4.69) is 13.8 Å². The molecule has 0 radical (unpaired) electrons. The van der Waals surface area contributed by atoms with Crippen LogP contribution < -0.4 is 9.47 Å². The molecule has 116 valence electrons. The predicted octanol–water partition coefficient (Wildman–Crippen LogP) is 5.14. The van der Waals surface area contributed by atoms with Crippen molar-refractivity contribution in [3.05, 3.63) is 58.9 Å². The lowest BCUT2D eigenvalue weighted by Crippen LogP contribution is -1.99. The summed E-state index contributed by atoms with van der Waals surface area (Å²) in [7, 11) is 3.31. The Kier molecular flexibility index (Phi) is 5.21. The van der Waals surface area contributed by atoms with Gasteiger partial charge in [0.15, 0.2) is 0 Å². The minimum atomic E-state index is -0.243. The predicted molar refractivity (Wildman–Crippen MR) is 89.0 cm³/mol. The van der Waals surface area contributed by atoms with Crippen LogP contribution in [0.4, 0.5) is 4.39 Å². The van der Waals surface area contributed by atoms with E-state index in [1.165, 1.54) is 12.1 Å². The van der Waals surface area contributed by atoms with E-state index in [1.54, 1.807) is 20.3 Å². The van der Waals surface area contributed by atoms with Crippen LogP contribution in [0.25, 0.3) is 12.2 Å². The van der Waals surface area contributed by atoms with Gasteiger partial charge >= 0.3 is 0 Å². The first kappa shape index (κ1) is 16.1. The van der Waals surface area contributed by atoms with E-state index < -0.39 is 0 Å². The van der Waals surface area contributed by atoms with E-state index in [4.69, 9.17) is 9.47 Å². The van der Waals surface area contributed by atoms with Crippen LogP contribution in [0, 0.1) is 5.82 Å². The molecule has 0 bridgehead atoms. The molecule has 0 saturated heterocycles. The Morgan fingerprint density at radius 2 is 1.50 bits per heavy atom. The second-order valence-corrected chi connectivity index (χ2v) is 5.38. The minimum Gasteiger partial charge on any atom is -0.496 e. The fraction of sp³-hybridized carbons (Fsp3) is 0.263. The quantitative estimate of drug-likeness (QED) is 0.712. The maximum absolute atomic E-state index is 13.2. The summed E-state index contributed by atoms with van der Waals surface area (Å²) in [5.41, 5.74) is 2.81. The lowest BCUT2D eigenvalue weighted by atomic mass is 9.98. The third-order valence-electron chi connectivity index (χ3n) is 3.46. The van der Waals surface area contributed by atoms with Gasteiger partial charge in [-0.2, -0.15) is 0 Å². The fourth-order valence-electron chi connectivity index (χ4n) is 2.43. The van der Waals surface area contributed by atoms with Gasteiger partial charge in [-0.3, -0.25) is 0 Å². The standard InChI is InChI=1S/C19H21FO2/c1-13(2)19-17(21-3)11-15(12-18(19)22-4)9-8-14-6-5-7-16(20)10-14/h5-13H,1-4H3. The summed E-state index contributed by atoms with van der Waals surface area (Å²) in [6, 6.07) is 10.4. The van der Waals surface area contributed by atoms with Crippen LogP contribution in [0.15, 0.2) is 36.4 Å². The molecule has 0 atom stereocenters. The molecular formula is C19H21FO2. The molecule has 2 nitrogen and oxygen atoms in total. The molecule has 2 aromatic rings. The molecule has 2 rings (SSSR count). The fourth-order valence-corrected chi connectivity index (χ4v) is 2.43. The van der Waals surface area contributed by atoms with Crippen molar-refractivity contribution in [2.45, 2.75) is 19.8 Å². The maximum Gasteiger partial charge on any atom is 0.126 e. The Balaban J connectivity index is 2.39. The number of halogens is 1. The van der Waals surface area contributed by atoms with Crippen molar-refractivity contribution >= 4 is 12.2 Å². The molecule has 0 saturated carbocycles. The average molecular weight is 300 g/mol. The topological polar surface area (TPSA) is 18.5 Å². The van der Waals surface area contributed by atoms with Crippen molar-refractivity contribution in [1.29, 1.82) is 0 Å². The summed E-state index contributed by atoms with van der Waals surface area (Å²) in [6.07, 6.45) is 3.79. The zero-order chi connectivity index (χ0) is 16.1. The van der Waals surface area contributed by atoms with Gasteiger partial charge in [0.2, 0.25) is 0 Å². The Morgan fingerprint density at radius 1 is 0.909 bits per heavy atom. The SMILES string of the molecule is COc1cc(C=Cc2cccc(F)c2)cc(OC)c1C(C)C. The molecule has 0 amide bonds. The van der Waals surface area contributed by atoms with Gasteiger partial charge in [0.25, 0.3) is 0 Å². The van der Waals surface area contributed by atoms with Crippen LogP contribution in [0.2, 0.25) is 0 Å². The van der Waals surface area contributed by atoms with E-state index in [-0.39, 0.29) is 5.82 Å². The Labute approximate surface area is 131 Å². The number of hydrogen-bond acceptors (Lipinski definition) is 2. The smallest absolute Gasteiger partial charge is 0.126 e. The van der Waals surface area contributed by atoms with Crippen LogP contribution in [-0.2, 0) is 0 Å². The lowest BCUT2D eigenvalue weighted by Gasteiger charge is -2.17. The summed E-state index contributed by atoms with van der Waals surface area (Å²) in [5, 5.41) is 0. The second-order valence-electron chi connectivity index (χ2n) is 5.38. The normalized spacial score (nSPS) is 11.2. The van der Waals surface area contributed by atoms with Crippen LogP contribution in [0.3, 0.4) is 0 Å². The van der Waals surface area contributed by atoms with Gasteiger partial charge < -0.3 is 9.47 Å². The van der Waals surface area contributed by atoms with E-state index in [0.29, 0.717) is 5.92 Å². The summed E-state index contributed by atoms with van der Waals surface area (Å²) < 4.78 is 24.2. The van der Waals surface area contributed by atoms with Crippen molar-refractivity contribution in [1.82, 2.24) is 0 Å². The highest BCUT2D eigenvalue weighted by molar-refractivity contribution is 5.72. The summed E-state index contributed by atoms with van der Waals surface area (Å²) in [4.78, 5) is 0. The van der Waals surface area contributed by atoms with Crippen LogP contribution in [0.1, 0.15) is 36.5 Å². The molecule has 0 unspecified atom stereocenters. The molecule has 22 heavy (non-hydrogen) atoms. The third-order valence-corrected chi connectivity index (χ3v) is 3.46. The van der Waals surface area contributed by atoms with Crippen molar-refractivity contribution in [2.75, 3.05) is 14.2 Å². The van der Waals surface area contributed by atoms with Crippen molar-refractivity contribution < 1.29 is 13.9 Å². The molecule has 0 N–H and O–H groups in total. The molecule has 0 heterocycles. The van der Waals surface area contributed by atoms with Crippen LogP contribution >= 0.6 is 0 Å². The summed E-state index contributed by atoms with van der Waals surface area (Å²) >= 11 is 0. The number of rotatable bonds is 5. The monoisotopic (exact) mass is 300 g/mol. The second kappa shape index (κ2) is 7.12. The average Bonchev–Trinajstić information content (AvgIpc) is 2.51. The van der Waals surface area contributed by atoms with Gasteiger partial charge in [0.1, 0.15) is 17.3 Å². The van der Waals surface area contributed by atoms with Gasteiger partial charge in [-0.1, -0.05) is 38.1 Å². The molecule has 0 aliphatic heterocycles. The van der Waals surface area contributed by atoms with E-state index in [0.717, 1.165) is 28.2 Å². The van der Waals surface area contributed by atoms with Crippen LogP contribution in [0.5, 0.6) is 11.5 Å². The Hall–Kier alpha value is -2.29. The number of ether oxygens (including phenoxy) is 2. The van der Waals surface area contributed by atoms with Crippen molar-refractivity contribution in [2.24, 2.45) is 0 Å². The van der Waals surface area contributed by atoms with Gasteiger partial charge in [0.05, 0.1) is 14.2 Å². The molecule has 0 aromatic heterocycles. The van der Waals surface area contributed by atoms with Gasteiger partial charge in [0, 0.05) is 5.56 Å². The number of benzene rings is 2. The van der Waals surface area contributed by atoms with Crippen LogP contribution in [-0.4, -0.2) is 14.2 Å². The van der Waals surface area contributed by atoms with E-state index in [1.807, 2.05) is 30.4 Å². The zero-order valence-electron chi connectivity index (χ0n) is 13.4. The highest BCUT2D eigenvalue weighted by Gasteiger charge is 2.14. The van der Waals surface area contributed by atoms with Crippen molar-refractivity contribution in [3.63, 3.8) is 0 Å². The molecule has 3 heteroatoms. The van der Waals surface area contributed by atoms with E-state index in [9.17, 15) is 4.39 Å². The molecular weight excluding hydrogens is 279 g/mol. The first-order valence-corrected chi connectivity index (χ1v) is 7.24. The largest absolute Gasteiger partial charge is 0.496 e. The van der Waals surface area contributed by atoms with E-state index >= 15 is 0 Å². The van der Waals surface area contributed by atoms with Gasteiger partial charge in [-0.25, -0.2) is 4.39 Å². The third kappa shape index (κ3) is 3.67. The first-order chi connectivity index (χ1) is 10.5. The highest BCUT2D eigenvalue weighted by atomic mass is 19.1. The number of methoxy groups -OCH3 is 2. The molecule has 0 aliphatic rings. The number of hydrogen-bond donors (Lipinski definition) is 0. The minimum absolute atomic E-state index is 0.243. The van der Waals surface area contributed by atoms with Gasteiger partial charge in [-0.15, -0.1) is 0 Å².